The van der Waals surface area contributed by atoms with Crippen molar-refractivity contribution in [2.45, 2.75) is 46.0 Å². The first-order valence-corrected chi connectivity index (χ1v) is 12.3. The highest BCUT2D eigenvalue weighted by molar-refractivity contribution is 7.71. The number of benzene rings is 2. The smallest absolute Gasteiger partial charge is 0.294 e. The monoisotopic (exact) mass is 526 g/mol. The number of nitrogens with one attached hydrogen (secondary N) is 3. The largest absolute Gasteiger partial charge is 0.313 e. The average molecular weight is 527 g/mol. The number of rotatable bonds is 11. The minimum Gasteiger partial charge on any atom is -0.313 e. The summed E-state index contributed by atoms with van der Waals surface area (Å²) in [5.41, 5.74) is 8.26. The number of hydrogen-bond donors (Lipinski definition) is 3. The zero-order chi connectivity index (χ0) is 26.9. The highest BCUT2D eigenvalue weighted by Gasteiger charge is 2.20. The van der Waals surface area contributed by atoms with Gasteiger partial charge in [-0.25, -0.2) is 0 Å². The third kappa shape index (κ3) is 7.71. The number of aromatic nitrogens is 3. The topological polar surface area (TPSA) is 144 Å². The molecule has 2 amide bonds. The Balaban J connectivity index is 1.75. The van der Waals surface area contributed by atoms with Gasteiger partial charge in [-0.2, -0.15) is 5.10 Å². The second-order valence-corrected chi connectivity index (χ2v) is 9.38. The summed E-state index contributed by atoms with van der Waals surface area (Å²) in [6.45, 7) is 6.02. The van der Waals surface area contributed by atoms with Crippen LogP contribution < -0.4 is 10.9 Å². The van der Waals surface area contributed by atoms with E-state index in [0.29, 0.717) is 27.8 Å². The molecule has 1 atom stereocenters. The van der Waals surface area contributed by atoms with E-state index in [9.17, 15) is 19.7 Å². The molecule has 37 heavy (non-hydrogen) atoms. The Morgan fingerprint density at radius 3 is 2.46 bits per heavy atom. The van der Waals surface area contributed by atoms with Crippen LogP contribution in [0.3, 0.4) is 0 Å². The predicted molar refractivity (Wildman–Crippen MR) is 139 cm³/mol. The van der Waals surface area contributed by atoms with Gasteiger partial charge < -0.3 is 4.84 Å². The van der Waals surface area contributed by atoms with Gasteiger partial charge >= 0.3 is 0 Å². The second kappa shape index (κ2) is 12.8. The first kappa shape index (κ1) is 27.5. The summed E-state index contributed by atoms with van der Waals surface area (Å²) in [7, 11) is 0. The molecule has 196 valence electrons. The molecule has 0 spiro atoms. The highest BCUT2D eigenvalue weighted by Crippen LogP contribution is 2.27. The van der Waals surface area contributed by atoms with Crippen LogP contribution in [0.15, 0.2) is 48.5 Å². The van der Waals surface area contributed by atoms with Crippen molar-refractivity contribution in [1.82, 2.24) is 25.6 Å². The van der Waals surface area contributed by atoms with E-state index in [1.807, 2.05) is 23.6 Å². The van der Waals surface area contributed by atoms with Crippen molar-refractivity contribution in [3.8, 4) is 5.69 Å². The van der Waals surface area contributed by atoms with Gasteiger partial charge in [0.1, 0.15) is 12.4 Å². The molecular weight excluding hydrogens is 496 g/mol. The Morgan fingerprint density at radius 2 is 1.78 bits per heavy atom. The maximum atomic E-state index is 12.5. The zero-order valence-electron chi connectivity index (χ0n) is 20.9. The van der Waals surface area contributed by atoms with Crippen LogP contribution in [0, 0.1) is 20.8 Å². The van der Waals surface area contributed by atoms with Crippen LogP contribution in [0.25, 0.3) is 5.69 Å². The summed E-state index contributed by atoms with van der Waals surface area (Å²) in [6.07, 6.45) is 0.685. The Kier molecular flexibility index (Phi) is 9.50. The lowest BCUT2D eigenvalue weighted by Crippen LogP contribution is -2.42. The Hall–Kier alpha value is -4.06. The first-order chi connectivity index (χ1) is 17.7. The summed E-state index contributed by atoms with van der Waals surface area (Å²) < 4.78 is 2.21. The van der Waals surface area contributed by atoms with Gasteiger partial charge in [0.15, 0.2) is 4.77 Å². The number of nitrogens with zero attached hydrogens (tertiary/aromatic N) is 3. The van der Waals surface area contributed by atoms with Gasteiger partial charge in [-0.15, -0.1) is 10.1 Å². The van der Waals surface area contributed by atoms with Crippen LogP contribution in [-0.2, 0) is 27.3 Å². The number of amides is 2. The fraction of sp³-hybridized carbons (Fsp3) is 0.360. The molecule has 0 radical (unpaired) electrons. The van der Waals surface area contributed by atoms with Crippen molar-refractivity contribution in [2.75, 3.05) is 6.61 Å². The molecule has 1 heterocycles. The lowest BCUT2D eigenvalue weighted by atomic mass is 9.96. The normalized spacial score (nSPS) is 11.7. The van der Waals surface area contributed by atoms with E-state index >= 15 is 0 Å². The van der Waals surface area contributed by atoms with Gasteiger partial charge in [0.25, 0.3) is 5.09 Å². The Labute approximate surface area is 219 Å². The molecule has 0 aliphatic carbocycles. The van der Waals surface area contributed by atoms with Crippen LogP contribution in [0.5, 0.6) is 0 Å². The van der Waals surface area contributed by atoms with E-state index < -0.39 is 23.5 Å². The zero-order valence-corrected chi connectivity index (χ0v) is 21.7. The minimum absolute atomic E-state index is 0.0491. The standard InChI is InChI=1S/C25H30N6O5S/c1-16(2)14-18-8-10-19(11-9-18)17(3)24-28-29-25(37)30(24)21-7-5-4-6-20(21)15-23(33)27-26-22(32)12-13-36-31(34)35/h4-11,16-17H,12-15H2,1-3H3,(H,26,32)(H,27,33)(H,29,37). The molecule has 1 aromatic heterocycles. The summed E-state index contributed by atoms with van der Waals surface area (Å²) in [5.74, 6) is 0.110. The maximum Gasteiger partial charge on any atom is 0.294 e. The van der Waals surface area contributed by atoms with Gasteiger partial charge in [-0.3, -0.25) is 30.1 Å². The molecule has 0 aliphatic rings. The maximum absolute atomic E-state index is 12.5. The molecule has 3 aromatic rings. The molecule has 1 unspecified atom stereocenters. The summed E-state index contributed by atoms with van der Waals surface area (Å²) in [6, 6.07) is 15.8. The summed E-state index contributed by atoms with van der Waals surface area (Å²) in [5, 5.41) is 16.5. The SMILES string of the molecule is CC(C)Cc1ccc(C(C)c2n[nH]c(=S)n2-c2ccccc2CC(=O)NNC(=O)CCO[N+](=O)[O-])cc1. The molecule has 0 fully saturated rings. The second-order valence-electron chi connectivity index (χ2n) is 8.99. The van der Waals surface area contributed by atoms with E-state index in [-0.39, 0.29) is 18.8 Å². The van der Waals surface area contributed by atoms with Crippen molar-refractivity contribution >= 4 is 24.0 Å². The summed E-state index contributed by atoms with van der Waals surface area (Å²) >= 11 is 5.54. The third-order valence-electron chi connectivity index (χ3n) is 5.66. The lowest BCUT2D eigenvalue weighted by Gasteiger charge is -2.17. The van der Waals surface area contributed by atoms with Gasteiger partial charge in [0.05, 0.1) is 18.5 Å². The van der Waals surface area contributed by atoms with Crippen molar-refractivity contribution in [3.05, 3.63) is 85.9 Å². The van der Waals surface area contributed by atoms with E-state index in [4.69, 9.17) is 12.2 Å². The quantitative estimate of drug-likeness (QED) is 0.197. The lowest BCUT2D eigenvalue weighted by molar-refractivity contribution is -0.757. The molecule has 0 aliphatic heterocycles. The third-order valence-corrected chi connectivity index (χ3v) is 5.93. The molecule has 3 rings (SSSR count). The van der Waals surface area contributed by atoms with Crippen LogP contribution in [0.2, 0.25) is 0 Å². The molecule has 11 nitrogen and oxygen atoms in total. The van der Waals surface area contributed by atoms with Crippen LogP contribution >= 0.6 is 12.2 Å². The molecule has 2 aromatic carbocycles. The number of aromatic amines is 1. The fourth-order valence-electron chi connectivity index (χ4n) is 3.91. The van der Waals surface area contributed by atoms with Crippen molar-refractivity contribution in [1.29, 1.82) is 0 Å². The van der Waals surface area contributed by atoms with Gasteiger partial charge in [0, 0.05) is 5.92 Å². The van der Waals surface area contributed by atoms with E-state index in [0.717, 1.165) is 12.0 Å². The van der Waals surface area contributed by atoms with Gasteiger partial charge in [-0.05, 0) is 47.3 Å². The number of carbonyl (C=O) groups excluding carboxylic acids is 2. The van der Waals surface area contributed by atoms with Crippen LogP contribution in [-0.4, -0.2) is 38.3 Å². The Bertz CT molecular complexity index is 1300. The molecule has 12 heteroatoms. The number of hydrogen-bond acceptors (Lipinski definition) is 7. The van der Waals surface area contributed by atoms with Crippen LogP contribution in [0.4, 0.5) is 0 Å². The molecule has 0 saturated carbocycles. The average Bonchev–Trinajstić information content (AvgIpc) is 3.23. The molecular formula is C25H30N6O5S. The highest BCUT2D eigenvalue weighted by atomic mass is 32.1. The van der Waals surface area contributed by atoms with E-state index in [1.165, 1.54) is 5.56 Å². The predicted octanol–water partition coefficient (Wildman–Crippen LogP) is 3.57. The number of hydrazine groups is 1. The molecule has 0 bridgehead atoms. The Morgan fingerprint density at radius 1 is 1.11 bits per heavy atom. The number of carbonyl (C=O) groups is 2. The van der Waals surface area contributed by atoms with E-state index in [1.54, 1.807) is 12.1 Å². The minimum atomic E-state index is -0.985. The molecule has 0 saturated heterocycles. The van der Waals surface area contributed by atoms with Gasteiger partial charge in [-0.1, -0.05) is 63.2 Å². The van der Waals surface area contributed by atoms with Crippen molar-refractivity contribution < 1.29 is 19.5 Å². The molecule has 3 N–H and O–H groups in total. The van der Waals surface area contributed by atoms with Gasteiger partial charge in [0.2, 0.25) is 11.8 Å². The summed E-state index contributed by atoms with van der Waals surface area (Å²) in [4.78, 5) is 38.5. The van der Waals surface area contributed by atoms with Crippen LogP contribution in [0.1, 0.15) is 55.6 Å². The number of para-hydroxylation sites is 1. The fourth-order valence-corrected chi connectivity index (χ4v) is 4.14. The van der Waals surface area contributed by atoms with Crippen molar-refractivity contribution in [2.24, 2.45) is 5.92 Å². The number of H-pyrrole nitrogens is 1. The van der Waals surface area contributed by atoms with E-state index in [2.05, 4.69) is 64.0 Å². The first-order valence-electron chi connectivity index (χ1n) is 11.8. The van der Waals surface area contributed by atoms with Crippen molar-refractivity contribution in [3.63, 3.8) is 0 Å².